The number of rotatable bonds is 6. The second kappa shape index (κ2) is 8.42. The maximum atomic E-state index is 12.5. The number of anilines is 3. The summed E-state index contributed by atoms with van der Waals surface area (Å²) < 4.78 is 10.6. The molecule has 0 unspecified atom stereocenters. The minimum Gasteiger partial charge on any atom is -0.497 e. The molecule has 0 aliphatic carbocycles. The van der Waals surface area contributed by atoms with Gasteiger partial charge in [0.25, 0.3) is 5.91 Å². The number of methoxy groups -OCH3 is 2. The number of benzene rings is 2. The molecule has 0 aliphatic rings. The number of pyridine rings is 1. The molecule has 0 saturated heterocycles. The second-order valence-corrected chi connectivity index (χ2v) is 6.05. The zero-order valence-corrected chi connectivity index (χ0v) is 15.6. The highest BCUT2D eigenvalue weighted by Gasteiger charge is 2.10. The topological polar surface area (TPSA) is 72.5 Å². The van der Waals surface area contributed by atoms with Gasteiger partial charge in [-0.25, -0.2) is 0 Å². The highest BCUT2D eigenvalue weighted by Crippen LogP contribution is 2.31. The van der Waals surface area contributed by atoms with Gasteiger partial charge in [-0.1, -0.05) is 11.6 Å². The quantitative estimate of drug-likeness (QED) is 0.642. The van der Waals surface area contributed by atoms with Crippen molar-refractivity contribution in [2.24, 2.45) is 0 Å². The zero-order chi connectivity index (χ0) is 19.2. The fourth-order valence-electron chi connectivity index (χ4n) is 2.43. The van der Waals surface area contributed by atoms with Gasteiger partial charge in [-0.2, -0.15) is 0 Å². The highest BCUT2D eigenvalue weighted by molar-refractivity contribution is 6.30. The van der Waals surface area contributed by atoms with Crippen LogP contribution in [0.15, 0.2) is 60.9 Å². The first-order valence-electron chi connectivity index (χ1n) is 8.10. The van der Waals surface area contributed by atoms with Gasteiger partial charge in [-0.15, -0.1) is 0 Å². The number of aromatic nitrogens is 1. The van der Waals surface area contributed by atoms with Crippen LogP contribution in [-0.4, -0.2) is 25.1 Å². The minimum atomic E-state index is -0.268. The first kappa shape index (κ1) is 18.5. The van der Waals surface area contributed by atoms with Crippen LogP contribution in [-0.2, 0) is 0 Å². The predicted octanol–water partition coefficient (Wildman–Crippen LogP) is 4.75. The number of hydrogen-bond acceptors (Lipinski definition) is 5. The van der Waals surface area contributed by atoms with Crippen molar-refractivity contribution in [2.45, 2.75) is 0 Å². The van der Waals surface area contributed by atoms with E-state index in [1.807, 2.05) is 12.1 Å². The Morgan fingerprint density at radius 1 is 0.963 bits per heavy atom. The van der Waals surface area contributed by atoms with Crippen LogP contribution in [0, 0.1) is 0 Å². The second-order valence-electron chi connectivity index (χ2n) is 5.61. The van der Waals surface area contributed by atoms with Crippen LogP contribution in [0.3, 0.4) is 0 Å². The van der Waals surface area contributed by atoms with Gasteiger partial charge in [0.2, 0.25) is 0 Å². The van der Waals surface area contributed by atoms with Crippen LogP contribution in [0.5, 0.6) is 11.5 Å². The van der Waals surface area contributed by atoms with Crippen LogP contribution in [0.4, 0.5) is 17.1 Å². The molecule has 0 radical (unpaired) electrons. The number of nitrogens with zero attached hydrogens (tertiary/aromatic N) is 1. The van der Waals surface area contributed by atoms with E-state index in [4.69, 9.17) is 21.1 Å². The lowest BCUT2D eigenvalue weighted by Gasteiger charge is -2.13. The largest absolute Gasteiger partial charge is 0.497 e. The first-order chi connectivity index (χ1) is 13.1. The predicted molar refractivity (Wildman–Crippen MR) is 106 cm³/mol. The molecule has 6 nitrogen and oxygen atoms in total. The Morgan fingerprint density at radius 2 is 1.74 bits per heavy atom. The van der Waals surface area contributed by atoms with E-state index >= 15 is 0 Å². The summed E-state index contributed by atoms with van der Waals surface area (Å²) in [5, 5.41) is 6.61. The van der Waals surface area contributed by atoms with Crippen molar-refractivity contribution in [3.8, 4) is 11.5 Å². The van der Waals surface area contributed by atoms with Crippen LogP contribution in [0.2, 0.25) is 5.02 Å². The number of carbonyl (C=O) groups is 1. The highest BCUT2D eigenvalue weighted by atomic mass is 35.5. The number of halogens is 1. The lowest BCUT2D eigenvalue weighted by molar-refractivity contribution is 0.102. The monoisotopic (exact) mass is 383 g/mol. The third-order valence-corrected chi connectivity index (χ3v) is 4.04. The molecule has 1 amide bonds. The maximum Gasteiger partial charge on any atom is 0.257 e. The molecule has 27 heavy (non-hydrogen) atoms. The van der Waals surface area contributed by atoms with Crippen molar-refractivity contribution in [3.63, 3.8) is 0 Å². The lowest BCUT2D eigenvalue weighted by atomic mass is 10.2. The molecular weight excluding hydrogens is 366 g/mol. The number of ether oxygens (including phenoxy) is 2. The number of amides is 1. The van der Waals surface area contributed by atoms with E-state index in [9.17, 15) is 4.79 Å². The van der Waals surface area contributed by atoms with Gasteiger partial charge in [-0.3, -0.25) is 9.78 Å². The van der Waals surface area contributed by atoms with Gasteiger partial charge >= 0.3 is 0 Å². The third kappa shape index (κ3) is 4.68. The van der Waals surface area contributed by atoms with Crippen molar-refractivity contribution in [1.82, 2.24) is 4.98 Å². The van der Waals surface area contributed by atoms with E-state index in [0.717, 1.165) is 5.69 Å². The molecule has 2 aromatic carbocycles. The van der Waals surface area contributed by atoms with Gasteiger partial charge in [-0.05, 0) is 42.5 Å². The normalized spacial score (nSPS) is 10.2. The standard InChI is InChI=1S/C20H18ClN3O3/c1-26-17-7-8-18(19(10-17)27-2)23-16-9-13(11-22-12-16)20(25)24-15-5-3-14(21)4-6-15/h3-12,23H,1-2H3,(H,24,25). The molecular formula is C20H18ClN3O3. The van der Waals surface area contributed by atoms with E-state index < -0.39 is 0 Å². The fourth-order valence-corrected chi connectivity index (χ4v) is 2.55. The van der Waals surface area contributed by atoms with Gasteiger partial charge < -0.3 is 20.1 Å². The molecule has 1 heterocycles. The van der Waals surface area contributed by atoms with E-state index in [0.29, 0.717) is 33.5 Å². The molecule has 3 aromatic rings. The van der Waals surface area contributed by atoms with Gasteiger partial charge in [0, 0.05) is 23.0 Å². The van der Waals surface area contributed by atoms with E-state index in [-0.39, 0.29) is 5.91 Å². The van der Waals surface area contributed by atoms with Crippen molar-refractivity contribution < 1.29 is 14.3 Å². The van der Waals surface area contributed by atoms with Crippen LogP contribution >= 0.6 is 11.6 Å². The molecule has 0 bridgehead atoms. The SMILES string of the molecule is COc1ccc(Nc2cncc(C(=O)Nc3ccc(Cl)cc3)c2)c(OC)c1. The van der Waals surface area contributed by atoms with Crippen molar-refractivity contribution in [2.75, 3.05) is 24.9 Å². The zero-order valence-electron chi connectivity index (χ0n) is 14.8. The maximum absolute atomic E-state index is 12.5. The summed E-state index contributed by atoms with van der Waals surface area (Å²) in [5.74, 6) is 1.03. The van der Waals surface area contributed by atoms with Gasteiger partial charge in [0.1, 0.15) is 11.5 Å². The Hall–Kier alpha value is -3.25. The smallest absolute Gasteiger partial charge is 0.257 e. The van der Waals surface area contributed by atoms with Crippen LogP contribution in [0.25, 0.3) is 0 Å². The average molecular weight is 384 g/mol. The molecule has 3 rings (SSSR count). The summed E-state index contributed by atoms with van der Waals surface area (Å²) >= 11 is 5.86. The number of nitrogens with one attached hydrogen (secondary N) is 2. The molecule has 0 fully saturated rings. The van der Waals surface area contributed by atoms with Crippen LogP contribution in [0.1, 0.15) is 10.4 Å². The molecule has 0 saturated carbocycles. The summed E-state index contributed by atoms with van der Waals surface area (Å²) in [6.07, 6.45) is 3.13. The van der Waals surface area contributed by atoms with E-state index in [2.05, 4.69) is 15.6 Å². The Morgan fingerprint density at radius 3 is 2.44 bits per heavy atom. The minimum absolute atomic E-state index is 0.268. The van der Waals surface area contributed by atoms with Gasteiger partial charge in [0.05, 0.1) is 37.4 Å². The molecule has 2 N–H and O–H groups in total. The summed E-state index contributed by atoms with van der Waals surface area (Å²) in [5.41, 5.74) is 2.46. The van der Waals surface area contributed by atoms with Crippen molar-refractivity contribution in [1.29, 1.82) is 0 Å². The third-order valence-electron chi connectivity index (χ3n) is 3.79. The molecule has 138 valence electrons. The molecule has 1 aromatic heterocycles. The van der Waals surface area contributed by atoms with E-state index in [1.54, 1.807) is 56.8 Å². The van der Waals surface area contributed by atoms with Crippen molar-refractivity contribution in [3.05, 3.63) is 71.5 Å². The first-order valence-corrected chi connectivity index (χ1v) is 8.48. The summed E-state index contributed by atoms with van der Waals surface area (Å²) in [7, 11) is 3.17. The van der Waals surface area contributed by atoms with E-state index in [1.165, 1.54) is 6.20 Å². The summed E-state index contributed by atoms with van der Waals surface area (Å²) in [4.78, 5) is 16.6. The summed E-state index contributed by atoms with van der Waals surface area (Å²) in [6.45, 7) is 0. The molecule has 0 spiro atoms. The van der Waals surface area contributed by atoms with Gasteiger partial charge in [0.15, 0.2) is 0 Å². The van der Waals surface area contributed by atoms with Crippen molar-refractivity contribution >= 4 is 34.6 Å². The Labute approximate surface area is 162 Å². The Kier molecular flexibility index (Phi) is 5.78. The van der Waals surface area contributed by atoms with Crippen LogP contribution < -0.4 is 20.1 Å². The number of carbonyl (C=O) groups excluding carboxylic acids is 1. The molecule has 7 heteroatoms. The Balaban J connectivity index is 1.77. The molecule has 0 atom stereocenters. The number of hydrogen-bond donors (Lipinski definition) is 2. The molecule has 0 aliphatic heterocycles. The fraction of sp³-hybridized carbons (Fsp3) is 0.100. The Bertz CT molecular complexity index is 945. The lowest BCUT2D eigenvalue weighted by Crippen LogP contribution is -2.12. The summed E-state index contributed by atoms with van der Waals surface area (Å²) in [6, 6.07) is 14.0. The average Bonchev–Trinajstić information content (AvgIpc) is 2.70.